The zero-order valence-corrected chi connectivity index (χ0v) is 19.9. The minimum atomic E-state index is -0.210. The Balaban J connectivity index is 2.84. The van der Waals surface area contributed by atoms with Gasteiger partial charge in [-0.05, 0) is 45.2 Å². The minimum absolute atomic E-state index is 0.210. The molecule has 0 heterocycles. The molecule has 0 amide bonds. The number of benzene rings is 1. The number of nitrogens with one attached hydrogen (secondary N) is 1. The molecule has 1 aromatic rings. The molecule has 0 aliphatic carbocycles. The van der Waals surface area contributed by atoms with E-state index in [1.54, 1.807) is 19.9 Å². The van der Waals surface area contributed by atoms with Crippen molar-refractivity contribution in [2.45, 2.75) is 72.1 Å². The number of unbranched alkanes of at least 4 members (excludes halogenated alkanes) is 3. The Kier molecular flexibility index (Phi) is 14.5. The first-order valence-electron chi connectivity index (χ1n) is 11.8. The molecule has 180 valence electrons. The molecule has 8 nitrogen and oxygen atoms in total. The van der Waals surface area contributed by atoms with Crippen LogP contribution in [0.1, 0.15) is 72.1 Å². The van der Waals surface area contributed by atoms with Gasteiger partial charge < -0.3 is 19.1 Å². The van der Waals surface area contributed by atoms with Gasteiger partial charge in [0.2, 0.25) is 0 Å². The zero-order valence-electron chi connectivity index (χ0n) is 19.9. The van der Waals surface area contributed by atoms with E-state index in [0.717, 1.165) is 24.9 Å². The number of anilines is 1. The molecule has 0 bridgehead atoms. The lowest BCUT2D eigenvalue weighted by Crippen LogP contribution is -2.27. The Morgan fingerprint density at radius 1 is 0.906 bits per heavy atom. The number of hydrogen-bond donors (Lipinski definition) is 1. The van der Waals surface area contributed by atoms with Crippen LogP contribution < -0.4 is 9.64 Å². The van der Waals surface area contributed by atoms with Gasteiger partial charge >= 0.3 is 11.9 Å². The fourth-order valence-electron chi connectivity index (χ4n) is 3.28. The standard InChI is InChI=1S/C24H39N3O5/c1-4-7-8-9-18-32-22-19-20(14-15-21(22)26-25)27(16-10-12-23(28)30-5-2)17-11-13-24(29)31-6-3/h14-15,19,25H,4-13,16-18H2,1-3H3. The molecule has 0 spiro atoms. The summed E-state index contributed by atoms with van der Waals surface area (Å²) in [5, 5.41) is 3.58. The van der Waals surface area contributed by atoms with E-state index >= 15 is 0 Å². The quantitative estimate of drug-likeness (QED) is 0.173. The minimum Gasteiger partial charge on any atom is -0.491 e. The Morgan fingerprint density at radius 3 is 2.06 bits per heavy atom. The second-order valence-corrected chi connectivity index (χ2v) is 7.48. The van der Waals surface area contributed by atoms with Crippen molar-refractivity contribution in [3.05, 3.63) is 18.2 Å². The molecule has 1 aromatic carbocycles. The van der Waals surface area contributed by atoms with Gasteiger partial charge in [-0.1, -0.05) is 26.2 Å². The van der Waals surface area contributed by atoms with Gasteiger partial charge in [0.05, 0.1) is 19.8 Å². The number of carbonyl (C=O) groups is 2. The fourth-order valence-corrected chi connectivity index (χ4v) is 3.28. The Morgan fingerprint density at radius 2 is 1.53 bits per heavy atom. The van der Waals surface area contributed by atoms with Crippen molar-refractivity contribution in [3.63, 3.8) is 0 Å². The van der Waals surface area contributed by atoms with Gasteiger partial charge in [-0.3, -0.25) is 9.59 Å². The average Bonchev–Trinajstić information content (AvgIpc) is 2.78. The van der Waals surface area contributed by atoms with Crippen molar-refractivity contribution in [2.75, 3.05) is 37.8 Å². The third kappa shape index (κ3) is 11.1. The van der Waals surface area contributed by atoms with Crippen LogP contribution in [0.25, 0.3) is 0 Å². The van der Waals surface area contributed by atoms with Gasteiger partial charge in [-0.25, -0.2) is 5.53 Å². The van der Waals surface area contributed by atoms with Gasteiger partial charge in [-0.15, -0.1) is 0 Å². The van der Waals surface area contributed by atoms with Gasteiger partial charge in [0.25, 0.3) is 0 Å². The molecule has 32 heavy (non-hydrogen) atoms. The van der Waals surface area contributed by atoms with E-state index in [1.807, 2.05) is 12.1 Å². The number of esters is 2. The number of nitrogens with zero attached hydrogens (tertiary/aromatic N) is 2. The Bertz CT molecular complexity index is 672. The predicted octanol–water partition coefficient (Wildman–Crippen LogP) is 5.80. The number of ether oxygens (including phenoxy) is 3. The molecule has 0 aliphatic heterocycles. The highest BCUT2D eigenvalue weighted by atomic mass is 16.5. The summed E-state index contributed by atoms with van der Waals surface area (Å²) in [5.74, 6) is 0.159. The van der Waals surface area contributed by atoms with Crippen molar-refractivity contribution in [3.8, 4) is 5.75 Å². The van der Waals surface area contributed by atoms with Crippen LogP contribution in [0.3, 0.4) is 0 Å². The SMILES string of the molecule is CCCCCCOc1cc(N(CCCC(=O)OCC)CCCC(=O)OCC)ccc1N=N. The molecule has 0 aliphatic rings. The van der Waals surface area contributed by atoms with Crippen LogP contribution in [0.15, 0.2) is 23.3 Å². The average molecular weight is 450 g/mol. The molecule has 1 N–H and O–H groups in total. The molecule has 0 saturated carbocycles. The second kappa shape index (κ2) is 17.0. The highest BCUT2D eigenvalue weighted by molar-refractivity contribution is 5.70. The number of hydrogen-bond acceptors (Lipinski definition) is 8. The van der Waals surface area contributed by atoms with Crippen LogP contribution in [0.4, 0.5) is 11.4 Å². The maximum Gasteiger partial charge on any atom is 0.305 e. The summed E-state index contributed by atoms with van der Waals surface area (Å²) in [7, 11) is 0. The van der Waals surface area contributed by atoms with E-state index in [4.69, 9.17) is 19.7 Å². The maximum atomic E-state index is 11.7. The highest BCUT2D eigenvalue weighted by Crippen LogP contribution is 2.32. The summed E-state index contributed by atoms with van der Waals surface area (Å²) in [5.41, 5.74) is 8.83. The summed E-state index contributed by atoms with van der Waals surface area (Å²) >= 11 is 0. The molecule has 0 fully saturated rings. The third-order valence-electron chi connectivity index (χ3n) is 4.91. The number of rotatable bonds is 18. The Labute approximate surface area is 192 Å². The summed E-state index contributed by atoms with van der Waals surface area (Å²) in [6, 6.07) is 5.56. The smallest absolute Gasteiger partial charge is 0.305 e. The molecule has 0 atom stereocenters. The topological polar surface area (TPSA) is 101 Å². The summed E-state index contributed by atoms with van der Waals surface area (Å²) in [6.45, 7) is 8.35. The zero-order chi connectivity index (χ0) is 23.6. The summed E-state index contributed by atoms with van der Waals surface area (Å²) in [4.78, 5) is 25.5. The normalized spacial score (nSPS) is 10.5. The molecule has 1 rings (SSSR count). The van der Waals surface area contributed by atoms with Gasteiger partial charge in [-0.2, -0.15) is 5.11 Å². The largest absolute Gasteiger partial charge is 0.491 e. The molecule has 0 saturated heterocycles. The van der Waals surface area contributed by atoms with E-state index in [2.05, 4.69) is 16.9 Å². The van der Waals surface area contributed by atoms with Crippen LogP contribution >= 0.6 is 0 Å². The lowest BCUT2D eigenvalue weighted by Gasteiger charge is -2.25. The molecule has 8 heteroatoms. The molecule has 0 radical (unpaired) electrons. The lowest BCUT2D eigenvalue weighted by molar-refractivity contribution is -0.144. The second-order valence-electron chi connectivity index (χ2n) is 7.48. The molecular formula is C24H39N3O5. The van der Waals surface area contributed by atoms with E-state index < -0.39 is 0 Å². The molecular weight excluding hydrogens is 410 g/mol. The van der Waals surface area contributed by atoms with E-state index in [-0.39, 0.29) is 11.9 Å². The van der Waals surface area contributed by atoms with Crippen molar-refractivity contribution in [1.29, 1.82) is 5.53 Å². The lowest BCUT2D eigenvalue weighted by atomic mass is 10.2. The first-order valence-corrected chi connectivity index (χ1v) is 11.8. The van der Waals surface area contributed by atoms with E-state index in [9.17, 15) is 9.59 Å². The van der Waals surface area contributed by atoms with Crippen molar-refractivity contribution >= 4 is 23.3 Å². The maximum absolute atomic E-state index is 11.7. The Hall–Kier alpha value is -2.64. The summed E-state index contributed by atoms with van der Waals surface area (Å²) in [6.07, 6.45) is 6.34. The van der Waals surface area contributed by atoms with E-state index in [1.165, 1.54) is 6.42 Å². The highest BCUT2D eigenvalue weighted by Gasteiger charge is 2.13. The van der Waals surface area contributed by atoms with E-state index in [0.29, 0.717) is 70.0 Å². The fraction of sp³-hybridized carbons (Fsp3) is 0.667. The van der Waals surface area contributed by atoms with Crippen molar-refractivity contribution in [2.24, 2.45) is 5.11 Å². The molecule has 0 aromatic heterocycles. The first-order chi connectivity index (χ1) is 15.5. The van der Waals surface area contributed by atoms with Crippen LogP contribution in [0, 0.1) is 5.53 Å². The number of carbonyl (C=O) groups excluding carboxylic acids is 2. The van der Waals surface area contributed by atoms with Crippen molar-refractivity contribution < 1.29 is 23.8 Å². The third-order valence-corrected chi connectivity index (χ3v) is 4.91. The van der Waals surface area contributed by atoms with Crippen molar-refractivity contribution in [1.82, 2.24) is 0 Å². The van der Waals surface area contributed by atoms with Crippen LogP contribution in [-0.4, -0.2) is 44.8 Å². The van der Waals surface area contributed by atoms with Crippen LogP contribution in [0.5, 0.6) is 5.75 Å². The van der Waals surface area contributed by atoms with Crippen LogP contribution in [0.2, 0.25) is 0 Å². The molecule has 0 unspecified atom stereocenters. The predicted molar refractivity (Wildman–Crippen MR) is 125 cm³/mol. The van der Waals surface area contributed by atoms with Gasteiger partial charge in [0.1, 0.15) is 11.4 Å². The van der Waals surface area contributed by atoms with Crippen LogP contribution in [-0.2, 0) is 19.1 Å². The van der Waals surface area contributed by atoms with Gasteiger partial charge in [0, 0.05) is 37.7 Å². The monoisotopic (exact) mass is 449 g/mol. The van der Waals surface area contributed by atoms with Gasteiger partial charge in [0.15, 0.2) is 0 Å². The summed E-state index contributed by atoms with van der Waals surface area (Å²) < 4.78 is 16.0. The first kappa shape index (κ1) is 27.4.